The highest BCUT2D eigenvalue weighted by Crippen LogP contribution is 2.28. The Morgan fingerprint density at radius 3 is 2.88 bits per heavy atom. The van der Waals surface area contributed by atoms with Crippen LogP contribution in [0, 0.1) is 5.92 Å². The lowest BCUT2D eigenvalue weighted by molar-refractivity contribution is 0.0927. The third kappa shape index (κ3) is 3.55. The van der Waals surface area contributed by atoms with Crippen molar-refractivity contribution in [3.8, 4) is 0 Å². The number of hydrogen-bond donors (Lipinski definition) is 1. The Kier molecular flexibility index (Phi) is 4.78. The van der Waals surface area contributed by atoms with Crippen molar-refractivity contribution >= 4 is 5.91 Å². The Labute approximate surface area is 140 Å². The molecule has 1 saturated carbocycles. The third-order valence-corrected chi connectivity index (χ3v) is 4.57. The van der Waals surface area contributed by atoms with Gasteiger partial charge in [-0.2, -0.15) is 0 Å². The van der Waals surface area contributed by atoms with E-state index in [1.54, 1.807) is 19.2 Å². The average Bonchev–Trinajstić information content (AvgIpc) is 3.19. The lowest BCUT2D eigenvalue weighted by Gasteiger charge is -2.14. The SMILES string of the molecule is CCc1nnc(C[C@@H]2CC[C@H](NC(=O)c3cccc(=O)n3C)C2)o1. The van der Waals surface area contributed by atoms with Crippen LogP contribution in [0.1, 0.15) is 48.5 Å². The molecule has 2 atom stereocenters. The molecule has 2 aromatic heterocycles. The topological polar surface area (TPSA) is 90.0 Å². The molecule has 2 heterocycles. The van der Waals surface area contributed by atoms with Gasteiger partial charge < -0.3 is 14.3 Å². The smallest absolute Gasteiger partial charge is 0.268 e. The summed E-state index contributed by atoms with van der Waals surface area (Å²) in [6, 6.07) is 4.83. The maximum Gasteiger partial charge on any atom is 0.268 e. The van der Waals surface area contributed by atoms with Gasteiger partial charge >= 0.3 is 0 Å². The molecule has 1 N–H and O–H groups in total. The molecular formula is C17H22N4O3. The number of pyridine rings is 1. The number of carbonyl (C=O) groups is 1. The molecule has 1 aliphatic carbocycles. The van der Waals surface area contributed by atoms with Gasteiger partial charge in [0.05, 0.1) is 0 Å². The first-order valence-electron chi connectivity index (χ1n) is 8.35. The number of carbonyl (C=O) groups excluding carboxylic acids is 1. The predicted molar refractivity (Wildman–Crippen MR) is 87.7 cm³/mol. The van der Waals surface area contributed by atoms with E-state index in [1.807, 2.05) is 6.92 Å². The van der Waals surface area contributed by atoms with E-state index < -0.39 is 0 Å². The van der Waals surface area contributed by atoms with Gasteiger partial charge in [0.25, 0.3) is 11.5 Å². The first-order valence-corrected chi connectivity index (χ1v) is 8.35. The summed E-state index contributed by atoms with van der Waals surface area (Å²) < 4.78 is 6.93. The molecule has 1 aliphatic rings. The summed E-state index contributed by atoms with van der Waals surface area (Å²) in [5.74, 6) is 1.57. The maximum atomic E-state index is 12.4. The van der Waals surface area contributed by atoms with E-state index in [9.17, 15) is 9.59 Å². The first-order chi connectivity index (χ1) is 11.6. The van der Waals surface area contributed by atoms with E-state index in [0.29, 0.717) is 23.4 Å². The molecule has 0 aromatic carbocycles. The largest absolute Gasteiger partial charge is 0.425 e. The minimum Gasteiger partial charge on any atom is -0.425 e. The second-order valence-corrected chi connectivity index (χ2v) is 6.30. The molecule has 0 bridgehead atoms. The van der Waals surface area contributed by atoms with Crippen molar-refractivity contribution < 1.29 is 9.21 Å². The van der Waals surface area contributed by atoms with Gasteiger partial charge in [-0.3, -0.25) is 9.59 Å². The van der Waals surface area contributed by atoms with Crippen LogP contribution in [0.15, 0.2) is 27.4 Å². The maximum absolute atomic E-state index is 12.4. The first kappa shape index (κ1) is 16.4. The normalized spacial score (nSPS) is 20.2. The molecule has 0 spiro atoms. The van der Waals surface area contributed by atoms with E-state index in [1.165, 1.54) is 10.6 Å². The molecule has 0 aliphatic heterocycles. The second-order valence-electron chi connectivity index (χ2n) is 6.30. The quantitative estimate of drug-likeness (QED) is 0.896. The van der Waals surface area contributed by atoms with Gasteiger partial charge in [-0.25, -0.2) is 0 Å². The standard InChI is InChI=1S/C17H22N4O3/c1-3-14-19-20-15(24-14)10-11-7-8-12(9-11)18-17(23)13-5-4-6-16(22)21(13)2/h4-6,11-12H,3,7-10H2,1-2H3,(H,18,23)/t11-,12+/m1/s1. The molecule has 0 saturated heterocycles. The fourth-order valence-electron chi connectivity index (χ4n) is 3.20. The van der Waals surface area contributed by atoms with Crippen molar-refractivity contribution in [2.24, 2.45) is 13.0 Å². The van der Waals surface area contributed by atoms with Gasteiger partial charge in [0, 0.05) is 32.0 Å². The van der Waals surface area contributed by atoms with Gasteiger partial charge in [0.2, 0.25) is 11.8 Å². The van der Waals surface area contributed by atoms with Crippen LogP contribution in [-0.4, -0.2) is 26.7 Å². The summed E-state index contributed by atoms with van der Waals surface area (Å²) in [4.78, 5) is 24.0. The van der Waals surface area contributed by atoms with E-state index in [2.05, 4.69) is 15.5 Å². The fourth-order valence-corrected chi connectivity index (χ4v) is 3.20. The van der Waals surface area contributed by atoms with E-state index in [0.717, 1.165) is 32.1 Å². The van der Waals surface area contributed by atoms with Gasteiger partial charge in [0.1, 0.15) is 5.69 Å². The van der Waals surface area contributed by atoms with Crippen molar-refractivity contribution in [2.75, 3.05) is 0 Å². The van der Waals surface area contributed by atoms with Crippen LogP contribution in [0.4, 0.5) is 0 Å². The lowest BCUT2D eigenvalue weighted by atomic mass is 10.0. The number of nitrogens with zero attached hydrogens (tertiary/aromatic N) is 3. The monoisotopic (exact) mass is 330 g/mol. The van der Waals surface area contributed by atoms with Gasteiger partial charge in [-0.1, -0.05) is 13.0 Å². The molecule has 0 unspecified atom stereocenters. The molecule has 7 heteroatoms. The predicted octanol–water partition coefficient (Wildman–Crippen LogP) is 1.47. The van der Waals surface area contributed by atoms with Crippen LogP contribution in [0.3, 0.4) is 0 Å². The summed E-state index contributed by atoms with van der Waals surface area (Å²) >= 11 is 0. The van der Waals surface area contributed by atoms with Crippen LogP contribution in [0.5, 0.6) is 0 Å². The average molecular weight is 330 g/mol. The lowest BCUT2D eigenvalue weighted by Crippen LogP contribution is -2.36. The van der Waals surface area contributed by atoms with Crippen LogP contribution >= 0.6 is 0 Å². The zero-order valence-corrected chi connectivity index (χ0v) is 14.0. The van der Waals surface area contributed by atoms with Crippen molar-refractivity contribution in [2.45, 2.75) is 45.1 Å². The number of aromatic nitrogens is 3. The van der Waals surface area contributed by atoms with E-state index in [-0.39, 0.29) is 17.5 Å². The van der Waals surface area contributed by atoms with E-state index >= 15 is 0 Å². The molecule has 1 amide bonds. The molecule has 0 radical (unpaired) electrons. The van der Waals surface area contributed by atoms with Crippen LogP contribution in [0.25, 0.3) is 0 Å². The van der Waals surface area contributed by atoms with Crippen LogP contribution in [0.2, 0.25) is 0 Å². The molecule has 128 valence electrons. The molecule has 1 fully saturated rings. The summed E-state index contributed by atoms with van der Waals surface area (Å²) in [5.41, 5.74) is 0.200. The fraction of sp³-hybridized carbons (Fsp3) is 0.529. The van der Waals surface area contributed by atoms with Gasteiger partial charge in [-0.15, -0.1) is 10.2 Å². The Morgan fingerprint density at radius 1 is 1.33 bits per heavy atom. The highest BCUT2D eigenvalue weighted by atomic mass is 16.4. The summed E-state index contributed by atoms with van der Waals surface area (Å²) in [7, 11) is 1.61. The van der Waals surface area contributed by atoms with Crippen molar-refractivity contribution in [1.82, 2.24) is 20.1 Å². The number of hydrogen-bond acceptors (Lipinski definition) is 5. The molecule has 2 aromatic rings. The van der Waals surface area contributed by atoms with Crippen molar-refractivity contribution in [3.05, 3.63) is 46.0 Å². The third-order valence-electron chi connectivity index (χ3n) is 4.57. The summed E-state index contributed by atoms with van der Waals surface area (Å²) in [6.45, 7) is 1.98. The van der Waals surface area contributed by atoms with Crippen molar-refractivity contribution in [3.63, 3.8) is 0 Å². The number of amides is 1. The number of rotatable bonds is 5. The Balaban J connectivity index is 1.56. The Bertz CT molecular complexity index is 780. The number of aryl methyl sites for hydroxylation is 1. The highest BCUT2D eigenvalue weighted by Gasteiger charge is 2.28. The molecule has 3 rings (SSSR count). The van der Waals surface area contributed by atoms with Crippen LogP contribution in [-0.2, 0) is 19.9 Å². The molecule has 24 heavy (non-hydrogen) atoms. The minimum absolute atomic E-state index is 0.117. The zero-order chi connectivity index (χ0) is 17.1. The molecular weight excluding hydrogens is 308 g/mol. The van der Waals surface area contributed by atoms with Crippen molar-refractivity contribution in [1.29, 1.82) is 0 Å². The van der Waals surface area contributed by atoms with Gasteiger partial charge in [0.15, 0.2) is 0 Å². The second kappa shape index (κ2) is 6.98. The van der Waals surface area contributed by atoms with Crippen LogP contribution < -0.4 is 10.9 Å². The van der Waals surface area contributed by atoms with Gasteiger partial charge in [-0.05, 0) is 31.2 Å². The summed E-state index contributed by atoms with van der Waals surface area (Å²) in [5, 5.41) is 11.1. The highest BCUT2D eigenvalue weighted by molar-refractivity contribution is 5.92. The van der Waals surface area contributed by atoms with E-state index in [4.69, 9.17) is 4.42 Å². The number of nitrogens with one attached hydrogen (secondary N) is 1. The Morgan fingerprint density at radius 2 is 2.12 bits per heavy atom. The Hall–Kier alpha value is -2.44. The zero-order valence-electron chi connectivity index (χ0n) is 14.0. The summed E-state index contributed by atoms with van der Waals surface area (Å²) in [6.07, 6.45) is 4.32. The minimum atomic E-state index is -0.202. The molecule has 7 nitrogen and oxygen atoms in total.